The van der Waals surface area contributed by atoms with E-state index in [2.05, 4.69) is 22.2 Å². The van der Waals surface area contributed by atoms with E-state index < -0.39 is 0 Å². The van der Waals surface area contributed by atoms with Gasteiger partial charge < -0.3 is 15.1 Å². The zero-order valence-corrected chi connectivity index (χ0v) is 13.0. The molecular formula is C14H20ClN3S. The van der Waals surface area contributed by atoms with Crippen LogP contribution in [0.1, 0.15) is 12.0 Å². The topological polar surface area (TPSA) is 18.5 Å². The highest BCUT2D eigenvalue weighted by Crippen LogP contribution is 2.20. The summed E-state index contributed by atoms with van der Waals surface area (Å²) in [5.74, 6) is 0. The van der Waals surface area contributed by atoms with E-state index in [4.69, 9.17) is 23.8 Å². The van der Waals surface area contributed by atoms with Crippen LogP contribution in [0.25, 0.3) is 0 Å². The summed E-state index contributed by atoms with van der Waals surface area (Å²) in [5.41, 5.74) is 2.03. The van der Waals surface area contributed by atoms with Crippen molar-refractivity contribution in [2.24, 2.45) is 0 Å². The standard InChI is InChI=1S/C14H20ClN3S/c1-11-4-5-12(10-13(11)15)16-14(19)18-7-3-6-17(2)8-9-18/h4-5,10H,3,6-9H2,1-2H3,(H,16,19). The maximum absolute atomic E-state index is 6.12. The molecule has 19 heavy (non-hydrogen) atoms. The lowest BCUT2D eigenvalue weighted by Crippen LogP contribution is -2.37. The van der Waals surface area contributed by atoms with Crippen molar-refractivity contribution < 1.29 is 0 Å². The van der Waals surface area contributed by atoms with Crippen molar-refractivity contribution in [2.45, 2.75) is 13.3 Å². The number of likely N-dealkylation sites (N-methyl/N-ethyl adjacent to an activating group) is 1. The van der Waals surface area contributed by atoms with Gasteiger partial charge in [0.15, 0.2) is 5.11 Å². The molecule has 0 radical (unpaired) electrons. The molecule has 1 fully saturated rings. The smallest absolute Gasteiger partial charge is 0.173 e. The number of halogens is 1. The Morgan fingerprint density at radius 1 is 1.26 bits per heavy atom. The molecule has 0 saturated carbocycles. The average molecular weight is 298 g/mol. The SMILES string of the molecule is Cc1ccc(NC(=S)N2CCCN(C)CC2)cc1Cl. The number of rotatable bonds is 1. The fourth-order valence-corrected chi connectivity index (χ4v) is 2.60. The van der Waals surface area contributed by atoms with Gasteiger partial charge in [0, 0.05) is 30.3 Å². The van der Waals surface area contributed by atoms with Gasteiger partial charge in [-0.2, -0.15) is 0 Å². The Labute approximate surface area is 125 Å². The minimum Gasteiger partial charge on any atom is -0.348 e. The lowest BCUT2D eigenvalue weighted by molar-refractivity contribution is 0.347. The number of aryl methyl sites for hydroxylation is 1. The van der Waals surface area contributed by atoms with Gasteiger partial charge in [0.05, 0.1) is 0 Å². The second-order valence-electron chi connectivity index (χ2n) is 5.04. The average Bonchev–Trinajstić information content (AvgIpc) is 2.59. The number of nitrogens with one attached hydrogen (secondary N) is 1. The van der Waals surface area contributed by atoms with Crippen LogP contribution < -0.4 is 5.32 Å². The summed E-state index contributed by atoms with van der Waals surface area (Å²) in [6, 6.07) is 5.94. The van der Waals surface area contributed by atoms with Crippen molar-refractivity contribution >= 4 is 34.6 Å². The normalized spacial score (nSPS) is 17.1. The molecule has 0 bridgehead atoms. The van der Waals surface area contributed by atoms with Gasteiger partial charge in [0.25, 0.3) is 0 Å². The van der Waals surface area contributed by atoms with Crippen LogP contribution in [0.2, 0.25) is 5.02 Å². The number of benzene rings is 1. The molecule has 0 aromatic heterocycles. The lowest BCUT2D eigenvalue weighted by Gasteiger charge is -2.24. The molecule has 2 rings (SSSR count). The molecule has 0 atom stereocenters. The number of anilines is 1. The summed E-state index contributed by atoms with van der Waals surface area (Å²) in [6.07, 6.45) is 1.15. The molecule has 0 spiro atoms. The maximum atomic E-state index is 6.12. The summed E-state index contributed by atoms with van der Waals surface area (Å²) in [6.45, 7) is 6.17. The first kappa shape index (κ1) is 14.6. The Hall–Kier alpha value is -0.840. The van der Waals surface area contributed by atoms with Crippen molar-refractivity contribution in [2.75, 3.05) is 38.5 Å². The molecule has 1 aromatic rings. The highest BCUT2D eigenvalue weighted by atomic mass is 35.5. The molecule has 0 unspecified atom stereocenters. The first-order chi connectivity index (χ1) is 9.06. The number of hydrogen-bond acceptors (Lipinski definition) is 2. The van der Waals surface area contributed by atoms with Crippen LogP contribution in [0.4, 0.5) is 5.69 Å². The first-order valence-electron chi connectivity index (χ1n) is 6.57. The molecular weight excluding hydrogens is 278 g/mol. The van der Waals surface area contributed by atoms with E-state index in [0.717, 1.165) is 54.0 Å². The Morgan fingerprint density at radius 3 is 2.79 bits per heavy atom. The Kier molecular flexibility index (Phi) is 5.02. The van der Waals surface area contributed by atoms with Crippen molar-refractivity contribution in [1.82, 2.24) is 9.80 Å². The second-order valence-corrected chi connectivity index (χ2v) is 5.83. The van der Waals surface area contributed by atoms with Gasteiger partial charge >= 0.3 is 0 Å². The van der Waals surface area contributed by atoms with Crippen molar-refractivity contribution in [3.63, 3.8) is 0 Å². The minimum absolute atomic E-state index is 0.767. The van der Waals surface area contributed by atoms with Crippen LogP contribution in [-0.2, 0) is 0 Å². The third-order valence-electron chi connectivity index (χ3n) is 3.43. The largest absolute Gasteiger partial charge is 0.348 e. The van der Waals surface area contributed by atoms with Gasteiger partial charge in [-0.05, 0) is 56.9 Å². The van der Waals surface area contributed by atoms with E-state index in [0.29, 0.717) is 0 Å². The number of hydrogen-bond donors (Lipinski definition) is 1. The number of thiocarbonyl (C=S) groups is 1. The monoisotopic (exact) mass is 297 g/mol. The van der Waals surface area contributed by atoms with Crippen LogP contribution in [0.15, 0.2) is 18.2 Å². The summed E-state index contributed by atoms with van der Waals surface area (Å²) < 4.78 is 0. The molecule has 1 heterocycles. The highest BCUT2D eigenvalue weighted by molar-refractivity contribution is 7.80. The molecule has 3 nitrogen and oxygen atoms in total. The first-order valence-corrected chi connectivity index (χ1v) is 7.35. The quantitative estimate of drug-likeness (QED) is 0.803. The summed E-state index contributed by atoms with van der Waals surface area (Å²) >= 11 is 11.6. The zero-order chi connectivity index (χ0) is 13.8. The molecule has 104 valence electrons. The molecule has 0 aliphatic carbocycles. The van der Waals surface area contributed by atoms with E-state index in [9.17, 15) is 0 Å². The van der Waals surface area contributed by atoms with Crippen LogP contribution in [0.3, 0.4) is 0 Å². The Bertz CT molecular complexity index is 464. The van der Waals surface area contributed by atoms with Crippen LogP contribution in [0, 0.1) is 6.92 Å². The predicted octanol–water partition coefficient (Wildman–Crippen LogP) is 2.98. The molecule has 1 aliphatic rings. The highest BCUT2D eigenvalue weighted by Gasteiger charge is 2.14. The van der Waals surface area contributed by atoms with Crippen molar-refractivity contribution in [1.29, 1.82) is 0 Å². The molecule has 0 amide bonds. The fourth-order valence-electron chi connectivity index (χ4n) is 2.12. The summed E-state index contributed by atoms with van der Waals surface area (Å²) in [4.78, 5) is 4.57. The van der Waals surface area contributed by atoms with E-state index in [-0.39, 0.29) is 0 Å². The van der Waals surface area contributed by atoms with Crippen molar-refractivity contribution in [3.8, 4) is 0 Å². The molecule has 1 saturated heterocycles. The van der Waals surface area contributed by atoms with Crippen LogP contribution in [0.5, 0.6) is 0 Å². The maximum Gasteiger partial charge on any atom is 0.173 e. The van der Waals surface area contributed by atoms with E-state index in [1.54, 1.807) is 0 Å². The molecule has 1 N–H and O–H groups in total. The van der Waals surface area contributed by atoms with Gasteiger partial charge in [-0.15, -0.1) is 0 Å². The molecule has 5 heteroatoms. The van der Waals surface area contributed by atoms with E-state index in [1.165, 1.54) is 0 Å². The van der Waals surface area contributed by atoms with E-state index >= 15 is 0 Å². The Balaban J connectivity index is 1.98. The number of nitrogens with zero attached hydrogens (tertiary/aromatic N) is 2. The Morgan fingerprint density at radius 2 is 2.05 bits per heavy atom. The minimum atomic E-state index is 0.767. The van der Waals surface area contributed by atoms with Gasteiger partial charge in [0.1, 0.15) is 0 Å². The third kappa shape index (κ3) is 4.06. The van der Waals surface area contributed by atoms with E-state index in [1.807, 2.05) is 25.1 Å². The van der Waals surface area contributed by atoms with Gasteiger partial charge in [-0.25, -0.2) is 0 Å². The molecule has 1 aliphatic heterocycles. The zero-order valence-electron chi connectivity index (χ0n) is 11.4. The van der Waals surface area contributed by atoms with Crippen LogP contribution >= 0.6 is 23.8 Å². The van der Waals surface area contributed by atoms with Crippen molar-refractivity contribution in [3.05, 3.63) is 28.8 Å². The van der Waals surface area contributed by atoms with Crippen LogP contribution in [-0.4, -0.2) is 48.1 Å². The third-order valence-corrected chi connectivity index (χ3v) is 4.20. The van der Waals surface area contributed by atoms with Gasteiger partial charge in [0.2, 0.25) is 0 Å². The molecule has 1 aromatic carbocycles. The summed E-state index contributed by atoms with van der Waals surface area (Å²) in [7, 11) is 2.15. The van der Waals surface area contributed by atoms with Gasteiger partial charge in [-0.3, -0.25) is 0 Å². The summed E-state index contributed by atoms with van der Waals surface area (Å²) in [5, 5.41) is 4.83. The second kappa shape index (κ2) is 6.55. The van der Waals surface area contributed by atoms with Gasteiger partial charge in [-0.1, -0.05) is 17.7 Å². The predicted molar refractivity (Wildman–Crippen MR) is 86.1 cm³/mol. The lowest BCUT2D eigenvalue weighted by atomic mass is 10.2. The fraction of sp³-hybridized carbons (Fsp3) is 0.500.